The molecule has 2 aromatic carbocycles. The molecule has 5 heteroatoms. The van der Waals surface area contributed by atoms with Crippen molar-refractivity contribution < 1.29 is 20.2 Å². The first kappa shape index (κ1) is 19.9. The van der Waals surface area contributed by atoms with Gasteiger partial charge in [0.05, 0.1) is 6.21 Å². The second-order valence-electron chi connectivity index (χ2n) is 9.69. The molecule has 0 amide bonds. The van der Waals surface area contributed by atoms with Gasteiger partial charge in [0.25, 0.3) is 0 Å². The molecule has 31 heavy (non-hydrogen) atoms. The van der Waals surface area contributed by atoms with Crippen molar-refractivity contribution in [2.45, 2.75) is 43.9 Å². The average molecular weight is 418 g/mol. The van der Waals surface area contributed by atoms with Gasteiger partial charge >= 0.3 is 5.97 Å². The number of oxime groups is 1. The van der Waals surface area contributed by atoms with Crippen LogP contribution >= 0.6 is 0 Å². The summed E-state index contributed by atoms with van der Waals surface area (Å²) in [6, 6.07) is 11.4. The summed E-state index contributed by atoms with van der Waals surface area (Å²) in [7, 11) is 0. The van der Waals surface area contributed by atoms with E-state index in [0.717, 1.165) is 40.5 Å². The van der Waals surface area contributed by atoms with Crippen molar-refractivity contribution in [3.63, 3.8) is 0 Å². The number of rotatable bonds is 5. The fourth-order valence-electron chi connectivity index (χ4n) is 6.85. The van der Waals surface area contributed by atoms with Gasteiger partial charge in [-0.25, -0.2) is 4.79 Å². The van der Waals surface area contributed by atoms with E-state index in [9.17, 15) is 9.90 Å². The van der Waals surface area contributed by atoms with E-state index in [1.165, 1.54) is 50.8 Å². The highest BCUT2D eigenvalue weighted by Gasteiger charge is 2.52. The number of benzene rings is 2. The third-order valence-electron chi connectivity index (χ3n) is 7.61. The molecule has 0 unspecified atom stereocenters. The molecule has 0 aliphatic heterocycles. The van der Waals surface area contributed by atoms with Crippen LogP contribution in [0.5, 0.6) is 5.75 Å². The van der Waals surface area contributed by atoms with Crippen LogP contribution in [0.1, 0.15) is 55.2 Å². The van der Waals surface area contributed by atoms with Crippen LogP contribution in [-0.2, 0) is 10.2 Å². The summed E-state index contributed by atoms with van der Waals surface area (Å²) in [5, 5.41) is 32.1. The van der Waals surface area contributed by atoms with E-state index in [0.29, 0.717) is 16.9 Å². The van der Waals surface area contributed by atoms with E-state index in [4.69, 9.17) is 10.3 Å². The minimum absolute atomic E-state index is 0.0737. The minimum Gasteiger partial charge on any atom is -0.508 e. The van der Waals surface area contributed by atoms with Gasteiger partial charge in [0.15, 0.2) is 0 Å². The highest BCUT2D eigenvalue weighted by atomic mass is 16.4. The summed E-state index contributed by atoms with van der Waals surface area (Å²) in [5.74, 6) is 1.72. The van der Waals surface area contributed by atoms with Crippen LogP contribution in [-0.4, -0.2) is 27.6 Å². The SMILES string of the molecule is O=C(O)/C=C/c1ccc(-c2ccc(O)c(C34CC5CC(CC(C5)C3)C4)c2)c(/C=N/O)c1. The highest BCUT2D eigenvalue weighted by molar-refractivity contribution is 5.92. The number of phenols is 1. The van der Waals surface area contributed by atoms with Crippen LogP contribution in [0.3, 0.4) is 0 Å². The van der Waals surface area contributed by atoms with E-state index >= 15 is 0 Å². The van der Waals surface area contributed by atoms with Gasteiger partial charge in [-0.2, -0.15) is 0 Å². The van der Waals surface area contributed by atoms with Gasteiger partial charge in [-0.05, 0) is 103 Å². The van der Waals surface area contributed by atoms with Crippen LogP contribution in [0.15, 0.2) is 47.6 Å². The molecule has 4 bridgehead atoms. The van der Waals surface area contributed by atoms with E-state index in [2.05, 4.69) is 11.2 Å². The van der Waals surface area contributed by atoms with Gasteiger partial charge in [0, 0.05) is 17.2 Å². The highest BCUT2D eigenvalue weighted by Crippen LogP contribution is 2.62. The number of hydrogen-bond acceptors (Lipinski definition) is 4. The summed E-state index contributed by atoms with van der Waals surface area (Å²) >= 11 is 0. The fraction of sp³-hybridized carbons (Fsp3) is 0.385. The van der Waals surface area contributed by atoms with Crippen LogP contribution in [0.25, 0.3) is 17.2 Å². The Labute approximate surface area is 181 Å². The standard InChI is InChI=1S/C26H27NO4/c28-24-5-3-20(22-4-1-16(2-6-25(29)30)10-21(22)15-27-31)11-23(24)26-12-17-7-18(13-26)9-19(8-17)14-26/h1-6,10-11,15,17-19,28,31H,7-9,12-14H2,(H,29,30)/b6-2+,27-15+. The molecule has 4 aliphatic rings. The maximum absolute atomic E-state index is 10.8. The summed E-state index contributed by atoms with van der Waals surface area (Å²) in [5.41, 5.74) is 4.39. The van der Waals surface area contributed by atoms with Crippen molar-refractivity contribution >= 4 is 18.3 Å². The Hall–Kier alpha value is -3.08. The number of carboxylic acids is 1. The summed E-state index contributed by atoms with van der Waals surface area (Å²) in [6.45, 7) is 0. The van der Waals surface area contributed by atoms with Crippen LogP contribution in [0.4, 0.5) is 0 Å². The molecule has 0 radical (unpaired) electrons. The van der Waals surface area contributed by atoms with Gasteiger partial charge < -0.3 is 15.4 Å². The normalized spacial score (nSPS) is 29.2. The van der Waals surface area contributed by atoms with E-state index in [1.807, 2.05) is 18.2 Å². The molecular weight excluding hydrogens is 390 g/mol. The second-order valence-corrected chi connectivity index (χ2v) is 9.69. The average Bonchev–Trinajstić information content (AvgIpc) is 2.72. The molecule has 3 N–H and O–H groups in total. The molecule has 5 nitrogen and oxygen atoms in total. The Bertz CT molecular complexity index is 1050. The number of phenolic OH excluding ortho intramolecular Hbond substituents is 1. The van der Waals surface area contributed by atoms with Crippen molar-refractivity contribution in [2.24, 2.45) is 22.9 Å². The van der Waals surface area contributed by atoms with Gasteiger partial charge in [-0.15, -0.1) is 0 Å². The fourth-order valence-corrected chi connectivity index (χ4v) is 6.85. The molecule has 6 rings (SSSR count). The number of carbonyl (C=O) groups is 1. The predicted octanol–water partition coefficient (Wildman–Crippen LogP) is 5.43. The van der Waals surface area contributed by atoms with Gasteiger partial charge in [-0.3, -0.25) is 0 Å². The third-order valence-corrected chi connectivity index (χ3v) is 7.61. The molecule has 0 heterocycles. The Morgan fingerprint density at radius 3 is 2.29 bits per heavy atom. The maximum atomic E-state index is 10.8. The molecule has 160 valence electrons. The molecule has 4 aliphatic carbocycles. The molecule has 0 aromatic heterocycles. The van der Waals surface area contributed by atoms with E-state index < -0.39 is 5.97 Å². The molecular formula is C26H27NO4. The number of hydrogen-bond donors (Lipinski definition) is 3. The molecule has 2 aromatic rings. The lowest BCUT2D eigenvalue weighted by molar-refractivity contribution is -0.131. The summed E-state index contributed by atoms with van der Waals surface area (Å²) in [6.07, 6.45) is 11.5. The molecule has 0 atom stereocenters. The zero-order valence-corrected chi connectivity index (χ0v) is 17.4. The topological polar surface area (TPSA) is 90.1 Å². The Morgan fingerprint density at radius 1 is 1.00 bits per heavy atom. The zero-order valence-electron chi connectivity index (χ0n) is 17.4. The lowest BCUT2D eigenvalue weighted by Gasteiger charge is -2.57. The van der Waals surface area contributed by atoms with E-state index in [-0.39, 0.29) is 5.41 Å². The zero-order chi connectivity index (χ0) is 21.6. The largest absolute Gasteiger partial charge is 0.508 e. The lowest BCUT2D eigenvalue weighted by Crippen LogP contribution is -2.48. The molecule has 4 fully saturated rings. The van der Waals surface area contributed by atoms with Gasteiger partial charge in [0.2, 0.25) is 0 Å². The Kier molecular flexibility index (Phi) is 4.84. The monoisotopic (exact) mass is 417 g/mol. The number of aliphatic carboxylic acids is 1. The lowest BCUT2D eigenvalue weighted by atomic mass is 9.48. The summed E-state index contributed by atoms with van der Waals surface area (Å²) in [4.78, 5) is 10.8. The van der Waals surface area contributed by atoms with Crippen molar-refractivity contribution in [1.29, 1.82) is 0 Å². The quantitative estimate of drug-likeness (QED) is 0.262. The molecule has 0 spiro atoms. The van der Waals surface area contributed by atoms with Gasteiger partial charge in [0.1, 0.15) is 5.75 Å². The van der Waals surface area contributed by atoms with Crippen molar-refractivity contribution in [1.82, 2.24) is 0 Å². The van der Waals surface area contributed by atoms with Crippen molar-refractivity contribution in [3.8, 4) is 16.9 Å². The number of carboxylic acid groups (broad SMARTS) is 1. The van der Waals surface area contributed by atoms with Gasteiger partial charge in [-0.1, -0.05) is 23.4 Å². The first-order valence-corrected chi connectivity index (χ1v) is 11.0. The summed E-state index contributed by atoms with van der Waals surface area (Å²) < 4.78 is 0. The number of aromatic hydroxyl groups is 1. The maximum Gasteiger partial charge on any atom is 0.328 e. The third kappa shape index (κ3) is 3.62. The molecule has 4 saturated carbocycles. The van der Waals surface area contributed by atoms with Crippen LogP contribution in [0.2, 0.25) is 0 Å². The predicted molar refractivity (Wildman–Crippen MR) is 119 cm³/mol. The van der Waals surface area contributed by atoms with Crippen LogP contribution in [0, 0.1) is 17.8 Å². The smallest absolute Gasteiger partial charge is 0.328 e. The first-order chi connectivity index (χ1) is 15.0. The number of nitrogens with zero attached hydrogens (tertiary/aromatic N) is 1. The first-order valence-electron chi connectivity index (χ1n) is 11.0. The molecule has 0 saturated heterocycles. The van der Waals surface area contributed by atoms with E-state index in [1.54, 1.807) is 12.1 Å². The van der Waals surface area contributed by atoms with Crippen molar-refractivity contribution in [2.75, 3.05) is 0 Å². The Morgan fingerprint density at radius 2 is 1.68 bits per heavy atom. The Balaban J connectivity index is 1.56. The van der Waals surface area contributed by atoms with Crippen molar-refractivity contribution in [3.05, 3.63) is 59.2 Å². The minimum atomic E-state index is -1.01. The van der Waals surface area contributed by atoms with Crippen LogP contribution < -0.4 is 0 Å². The second kappa shape index (κ2) is 7.56.